The normalized spacial score (nSPS) is 18.8. The Labute approximate surface area is 164 Å². The Morgan fingerprint density at radius 3 is 2.90 bits per heavy atom. The van der Waals surface area contributed by atoms with Crippen molar-refractivity contribution in [3.05, 3.63) is 47.7 Å². The number of carbonyl (C=O) groups is 2. The number of alkyl halides is 2. The molecule has 0 saturated heterocycles. The van der Waals surface area contributed by atoms with Crippen molar-refractivity contribution in [1.29, 1.82) is 5.26 Å². The van der Waals surface area contributed by atoms with Crippen LogP contribution in [0.4, 0.5) is 19.3 Å². The molecule has 29 heavy (non-hydrogen) atoms. The molecule has 10 heteroatoms. The van der Waals surface area contributed by atoms with Gasteiger partial charge in [0.05, 0.1) is 41.2 Å². The van der Waals surface area contributed by atoms with Crippen molar-refractivity contribution in [1.82, 2.24) is 15.1 Å². The van der Waals surface area contributed by atoms with Gasteiger partial charge in [-0.2, -0.15) is 19.1 Å². The van der Waals surface area contributed by atoms with E-state index in [4.69, 9.17) is 5.11 Å². The topological polar surface area (TPSA) is 120 Å². The summed E-state index contributed by atoms with van der Waals surface area (Å²) in [5, 5.41) is 27.2. The van der Waals surface area contributed by atoms with Crippen LogP contribution in [-0.4, -0.2) is 26.9 Å². The predicted octanol–water partition coefficient (Wildman–Crippen LogP) is 3.66. The largest absolute Gasteiger partial charge is 0.465 e. The van der Waals surface area contributed by atoms with Crippen molar-refractivity contribution in [3.63, 3.8) is 0 Å². The molecular weight excluding hydrogens is 384 g/mol. The summed E-state index contributed by atoms with van der Waals surface area (Å²) in [6, 6.07) is 5.69. The molecule has 1 aromatic carbocycles. The maximum atomic E-state index is 13.6. The van der Waals surface area contributed by atoms with Crippen molar-refractivity contribution in [2.75, 3.05) is 5.32 Å². The van der Waals surface area contributed by atoms with E-state index >= 15 is 0 Å². The standard InChI is InChI=1S/C19H17F2N5O3/c1-10-3-2-4-14(25-19(28)29)11-5-6-12(8-22)13(7-11)16-15(24-17(10)27)9-23-26(16)18(20)21/h2-3,5-7,9-10,14,18,25H,4H2,1H3,(H,24,27)(H,28,29)/t10-,14+/m1/s1. The Morgan fingerprint density at radius 1 is 1.48 bits per heavy atom. The highest BCUT2D eigenvalue weighted by Gasteiger charge is 2.25. The average molecular weight is 401 g/mol. The van der Waals surface area contributed by atoms with Crippen molar-refractivity contribution < 1.29 is 23.5 Å². The highest BCUT2D eigenvalue weighted by molar-refractivity contribution is 5.97. The van der Waals surface area contributed by atoms with Gasteiger partial charge in [-0.1, -0.05) is 25.1 Å². The quantitative estimate of drug-likeness (QED) is 0.664. The third-order valence-corrected chi connectivity index (χ3v) is 4.57. The van der Waals surface area contributed by atoms with E-state index in [0.717, 1.165) is 6.20 Å². The lowest BCUT2D eigenvalue weighted by molar-refractivity contribution is -0.118. The molecule has 1 aliphatic heterocycles. The Kier molecular flexibility index (Phi) is 5.59. The third kappa shape index (κ3) is 4.08. The molecule has 8 nitrogen and oxygen atoms in total. The molecule has 0 unspecified atom stereocenters. The first-order chi connectivity index (χ1) is 13.8. The van der Waals surface area contributed by atoms with Crippen LogP contribution in [0.1, 0.15) is 37.1 Å². The second kappa shape index (κ2) is 8.10. The van der Waals surface area contributed by atoms with E-state index in [2.05, 4.69) is 15.7 Å². The zero-order chi connectivity index (χ0) is 21.1. The van der Waals surface area contributed by atoms with Crippen LogP contribution in [0.2, 0.25) is 0 Å². The van der Waals surface area contributed by atoms with Crippen molar-refractivity contribution >= 4 is 17.7 Å². The maximum absolute atomic E-state index is 13.6. The number of aromatic nitrogens is 2. The monoisotopic (exact) mass is 401 g/mol. The number of benzene rings is 1. The first-order valence-corrected chi connectivity index (χ1v) is 8.69. The Bertz CT molecular complexity index is 1030. The van der Waals surface area contributed by atoms with Crippen molar-refractivity contribution in [2.45, 2.75) is 25.9 Å². The molecule has 0 aliphatic carbocycles. The molecular formula is C19H17F2N5O3. The second-order valence-electron chi connectivity index (χ2n) is 6.49. The number of fused-ring (bicyclic) bond motifs is 4. The number of halogens is 2. The summed E-state index contributed by atoms with van der Waals surface area (Å²) < 4.78 is 27.6. The zero-order valence-electron chi connectivity index (χ0n) is 15.3. The van der Waals surface area contributed by atoms with Crippen molar-refractivity contribution in [3.8, 4) is 17.3 Å². The molecule has 2 heterocycles. The Balaban J connectivity index is 2.28. The van der Waals surface area contributed by atoms with E-state index < -0.39 is 30.5 Å². The van der Waals surface area contributed by atoms with E-state index in [1.165, 1.54) is 12.1 Å². The van der Waals surface area contributed by atoms with Crippen LogP contribution in [0.25, 0.3) is 11.3 Å². The molecule has 2 atom stereocenters. The summed E-state index contributed by atoms with van der Waals surface area (Å²) in [4.78, 5) is 23.7. The minimum absolute atomic E-state index is 0.0347. The van der Waals surface area contributed by atoms with Gasteiger partial charge in [0.15, 0.2) is 0 Å². The molecule has 150 valence electrons. The van der Waals surface area contributed by atoms with Gasteiger partial charge in [-0.25, -0.2) is 9.48 Å². The van der Waals surface area contributed by atoms with Gasteiger partial charge in [-0.15, -0.1) is 0 Å². The molecule has 2 aromatic rings. The molecule has 0 fully saturated rings. The molecule has 1 aromatic heterocycles. The number of anilines is 1. The third-order valence-electron chi connectivity index (χ3n) is 4.57. The average Bonchev–Trinajstić information content (AvgIpc) is 3.09. The maximum Gasteiger partial charge on any atom is 0.405 e. The van der Waals surface area contributed by atoms with Crippen LogP contribution >= 0.6 is 0 Å². The lowest BCUT2D eigenvalue weighted by Crippen LogP contribution is -2.27. The number of hydrogen-bond acceptors (Lipinski definition) is 4. The molecule has 3 N–H and O–H groups in total. The number of carboxylic acid groups (broad SMARTS) is 1. The van der Waals surface area contributed by atoms with Gasteiger partial charge < -0.3 is 15.7 Å². The van der Waals surface area contributed by atoms with Crippen molar-refractivity contribution in [2.24, 2.45) is 5.92 Å². The van der Waals surface area contributed by atoms with Gasteiger partial charge in [-0.05, 0) is 24.1 Å². The number of carbonyl (C=O) groups excluding carboxylic acids is 1. The van der Waals surface area contributed by atoms with Gasteiger partial charge in [-0.3, -0.25) is 4.79 Å². The minimum Gasteiger partial charge on any atom is -0.465 e. The molecule has 0 saturated carbocycles. The number of nitrogens with one attached hydrogen (secondary N) is 2. The predicted molar refractivity (Wildman–Crippen MR) is 99.1 cm³/mol. The van der Waals surface area contributed by atoms with E-state index in [9.17, 15) is 23.6 Å². The highest BCUT2D eigenvalue weighted by atomic mass is 19.3. The van der Waals surface area contributed by atoms with E-state index in [1.807, 2.05) is 6.07 Å². The molecule has 1 aliphatic rings. The first-order valence-electron chi connectivity index (χ1n) is 8.69. The van der Waals surface area contributed by atoms with Gasteiger partial charge in [0.1, 0.15) is 0 Å². The summed E-state index contributed by atoms with van der Waals surface area (Å²) in [5.41, 5.74) is 0.595. The molecule has 2 amide bonds. The van der Waals surface area contributed by atoms with E-state index in [-0.39, 0.29) is 28.9 Å². The van der Waals surface area contributed by atoms with Crippen LogP contribution in [-0.2, 0) is 4.79 Å². The summed E-state index contributed by atoms with van der Waals surface area (Å²) >= 11 is 0. The number of nitriles is 1. The Hall–Kier alpha value is -3.74. The summed E-state index contributed by atoms with van der Waals surface area (Å²) in [5.74, 6) is -1.05. The fraction of sp³-hybridized carbons (Fsp3) is 0.263. The van der Waals surface area contributed by atoms with Crippen LogP contribution < -0.4 is 10.6 Å². The van der Waals surface area contributed by atoms with Crippen LogP contribution in [0, 0.1) is 17.2 Å². The lowest BCUT2D eigenvalue weighted by atomic mass is 9.95. The first kappa shape index (κ1) is 20.0. The number of nitrogens with zero attached hydrogens (tertiary/aromatic N) is 3. The number of rotatable bonds is 2. The van der Waals surface area contributed by atoms with E-state index in [1.54, 1.807) is 25.1 Å². The van der Waals surface area contributed by atoms with Gasteiger partial charge in [0.25, 0.3) is 0 Å². The van der Waals surface area contributed by atoms with Gasteiger partial charge >= 0.3 is 12.6 Å². The minimum atomic E-state index is -3.01. The number of hydrogen-bond donors (Lipinski definition) is 3. The molecule has 2 bridgehead atoms. The molecule has 0 radical (unpaired) electrons. The van der Waals surface area contributed by atoms with Gasteiger partial charge in [0.2, 0.25) is 5.91 Å². The molecule has 3 rings (SSSR count). The SMILES string of the molecule is C[C@@H]1C=CC[C@H](NC(=O)O)c2ccc(C#N)c(c2)-c2c(cnn2C(F)F)NC1=O. The van der Waals surface area contributed by atoms with Gasteiger partial charge in [0, 0.05) is 5.56 Å². The molecule has 0 spiro atoms. The van der Waals surface area contributed by atoms with E-state index in [0.29, 0.717) is 10.2 Å². The smallest absolute Gasteiger partial charge is 0.405 e. The van der Waals surface area contributed by atoms with Crippen LogP contribution in [0.3, 0.4) is 0 Å². The fourth-order valence-electron chi connectivity index (χ4n) is 3.12. The second-order valence-corrected chi connectivity index (χ2v) is 6.49. The lowest BCUT2D eigenvalue weighted by Gasteiger charge is -2.19. The zero-order valence-corrected chi connectivity index (χ0v) is 15.3. The summed E-state index contributed by atoms with van der Waals surface area (Å²) in [6.07, 6.45) is 3.35. The summed E-state index contributed by atoms with van der Waals surface area (Å²) in [7, 11) is 0. The number of amides is 2. The fourth-order valence-corrected chi connectivity index (χ4v) is 3.12. The van der Waals surface area contributed by atoms with Crippen LogP contribution in [0.5, 0.6) is 0 Å². The van der Waals surface area contributed by atoms with Crippen LogP contribution in [0.15, 0.2) is 36.5 Å². The summed E-state index contributed by atoms with van der Waals surface area (Å²) in [6.45, 7) is -1.39. The Morgan fingerprint density at radius 2 is 2.24 bits per heavy atom. The highest BCUT2D eigenvalue weighted by Crippen LogP contribution is 2.36.